The molecule has 36 heavy (non-hydrogen) atoms. The van der Waals surface area contributed by atoms with Gasteiger partial charge in [0.15, 0.2) is 11.5 Å². The lowest BCUT2D eigenvalue weighted by Gasteiger charge is -2.12. The molecule has 0 aromatic heterocycles. The van der Waals surface area contributed by atoms with Gasteiger partial charge in [0.2, 0.25) is 5.91 Å². The second-order valence-electron chi connectivity index (χ2n) is 7.50. The summed E-state index contributed by atoms with van der Waals surface area (Å²) in [5.74, 6) is 1.04. The summed E-state index contributed by atoms with van der Waals surface area (Å²) in [4.78, 5) is 24.1. The lowest BCUT2D eigenvalue weighted by atomic mass is 10.1. The summed E-state index contributed by atoms with van der Waals surface area (Å²) in [5, 5.41) is 15.9. The molecule has 0 heterocycles. The van der Waals surface area contributed by atoms with E-state index in [1.807, 2.05) is 12.1 Å². The molecular weight excluding hydrogens is 460 g/mol. The molecule has 0 radical (unpaired) electrons. The zero-order valence-corrected chi connectivity index (χ0v) is 20.0. The Bertz CT molecular complexity index is 1270. The third-order valence-electron chi connectivity index (χ3n) is 5.10. The van der Waals surface area contributed by atoms with Crippen LogP contribution in [0.2, 0.25) is 0 Å². The van der Waals surface area contributed by atoms with Crippen molar-refractivity contribution in [2.75, 3.05) is 20.8 Å². The molecule has 3 aromatic rings. The Kier molecular flexibility index (Phi) is 9.42. The van der Waals surface area contributed by atoms with Gasteiger partial charge in [-0.2, -0.15) is 10.4 Å². The predicted octanol–water partition coefficient (Wildman–Crippen LogP) is 3.42. The van der Waals surface area contributed by atoms with E-state index >= 15 is 0 Å². The zero-order valence-electron chi connectivity index (χ0n) is 20.0. The van der Waals surface area contributed by atoms with E-state index in [0.717, 1.165) is 5.56 Å². The highest BCUT2D eigenvalue weighted by molar-refractivity contribution is 5.94. The number of methoxy groups -OCH3 is 2. The molecule has 0 spiro atoms. The second kappa shape index (κ2) is 13.2. The fourth-order valence-electron chi connectivity index (χ4n) is 3.16. The van der Waals surface area contributed by atoms with Gasteiger partial charge in [-0.15, -0.1) is 0 Å². The van der Waals surface area contributed by atoms with E-state index in [-0.39, 0.29) is 31.4 Å². The number of hydrogen-bond donors (Lipinski definition) is 2. The summed E-state index contributed by atoms with van der Waals surface area (Å²) >= 11 is 0. The largest absolute Gasteiger partial charge is 0.497 e. The van der Waals surface area contributed by atoms with Gasteiger partial charge in [-0.05, 0) is 54.1 Å². The fourth-order valence-corrected chi connectivity index (χ4v) is 3.16. The number of rotatable bonds is 11. The van der Waals surface area contributed by atoms with Crippen LogP contribution < -0.4 is 25.0 Å². The van der Waals surface area contributed by atoms with Gasteiger partial charge in [0.25, 0.3) is 5.91 Å². The van der Waals surface area contributed by atoms with Crippen molar-refractivity contribution in [2.24, 2.45) is 5.10 Å². The van der Waals surface area contributed by atoms with Crippen molar-refractivity contribution in [3.8, 4) is 23.3 Å². The molecule has 0 saturated carbocycles. The average molecular weight is 487 g/mol. The van der Waals surface area contributed by atoms with Crippen LogP contribution in [-0.2, 0) is 11.4 Å². The predicted molar refractivity (Wildman–Crippen MR) is 134 cm³/mol. The Hall–Kier alpha value is -4.84. The molecule has 3 aromatic carbocycles. The maximum Gasteiger partial charge on any atom is 0.251 e. The first kappa shape index (κ1) is 25.8. The third kappa shape index (κ3) is 7.33. The van der Waals surface area contributed by atoms with Gasteiger partial charge >= 0.3 is 0 Å². The van der Waals surface area contributed by atoms with Crippen LogP contribution in [0.4, 0.5) is 0 Å². The Morgan fingerprint density at radius 1 is 1.00 bits per heavy atom. The molecule has 0 aliphatic heterocycles. The molecule has 184 valence electrons. The highest BCUT2D eigenvalue weighted by atomic mass is 16.5. The number of hydrazone groups is 1. The van der Waals surface area contributed by atoms with Crippen molar-refractivity contribution < 1.29 is 23.8 Å². The molecule has 0 atom stereocenters. The number of nitrogens with one attached hydrogen (secondary N) is 2. The Morgan fingerprint density at radius 2 is 1.78 bits per heavy atom. The molecule has 0 fully saturated rings. The number of nitrogens with zero attached hydrogens (tertiary/aromatic N) is 2. The van der Waals surface area contributed by atoms with Crippen molar-refractivity contribution in [1.82, 2.24) is 10.7 Å². The van der Waals surface area contributed by atoms with Gasteiger partial charge < -0.3 is 19.5 Å². The number of benzene rings is 3. The average Bonchev–Trinajstić information content (AvgIpc) is 2.92. The van der Waals surface area contributed by atoms with Crippen molar-refractivity contribution in [2.45, 2.75) is 13.0 Å². The van der Waals surface area contributed by atoms with Crippen LogP contribution >= 0.6 is 0 Å². The first-order valence-electron chi connectivity index (χ1n) is 11.1. The van der Waals surface area contributed by atoms with Crippen molar-refractivity contribution >= 4 is 18.0 Å². The topological polar surface area (TPSA) is 122 Å². The summed E-state index contributed by atoms with van der Waals surface area (Å²) in [6, 6.07) is 21.2. The number of ether oxygens (including phenoxy) is 3. The van der Waals surface area contributed by atoms with Crippen LogP contribution in [0.1, 0.15) is 33.5 Å². The molecule has 9 nitrogen and oxygen atoms in total. The molecule has 0 unspecified atom stereocenters. The van der Waals surface area contributed by atoms with E-state index in [0.29, 0.717) is 33.9 Å². The number of carbonyl (C=O) groups is 2. The van der Waals surface area contributed by atoms with Gasteiger partial charge in [-0.3, -0.25) is 9.59 Å². The molecule has 0 aliphatic rings. The second-order valence-corrected chi connectivity index (χ2v) is 7.50. The van der Waals surface area contributed by atoms with Crippen molar-refractivity contribution in [3.05, 3.63) is 89.0 Å². The van der Waals surface area contributed by atoms with E-state index in [1.165, 1.54) is 13.3 Å². The lowest BCUT2D eigenvalue weighted by Crippen LogP contribution is -2.29. The molecule has 0 bridgehead atoms. The summed E-state index contributed by atoms with van der Waals surface area (Å²) in [5.41, 5.74) is 4.92. The normalized spacial score (nSPS) is 10.4. The molecule has 2 amide bonds. The minimum Gasteiger partial charge on any atom is -0.497 e. The standard InChI is InChI=1S/C27H26N4O5/c1-34-23-10-8-20(9-11-23)27(33)29-14-13-26(32)31-30-17-19-7-12-24(25(15-19)35-2)36-18-22-6-4-3-5-21(22)16-28/h3-12,15,17H,13-14,18H2,1-2H3,(H,29,33)(H,31,32). The first-order valence-corrected chi connectivity index (χ1v) is 11.1. The summed E-state index contributed by atoms with van der Waals surface area (Å²) in [6.07, 6.45) is 1.55. The molecule has 0 aliphatic carbocycles. The van der Waals surface area contributed by atoms with Crippen LogP contribution in [0.3, 0.4) is 0 Å². The third-order valence-corrected chi connectivity index (χ3v) is 5.10. The van der Waals surface area contributed by atoms with Crippen LogP contribution in [0.5, 0.6) is 17.2 Å². The van der Waals surface area contributed by atoms with E-state index < -0.39 is 0 Å². The highest BCUT2D eigenvalue weighted by Crippen LogP contribution is 2.28. The minimum atomic E-state index is -0.343. The minimum absolute atomic E-state index is 0.0690. The summed E-state index contributed by atoms with van der Waals surface area (Å²) in [6.45, 7) is 0.388. The number of nitriles is 1. The maximum atomic E-state index is 12.1. The highest BCUT2D eigenvalue weighted by Gasteiger charge is 2.09. The molecule has 3 rings (SSSR count). The number of carbonyl (C=O) groups excluding carboxylic acids is 2. The van der Waals surface area contributed by atoms with Crippen molar-refractivity contribution in [3.63, 3.8) is 0 Å². The Labute approximate surface area is 209 Å². The van der Waals surface area contributed by atoms with E-state index in [2.05, 4.69) is 21.9 Å². The number of hydrogen-bond acceptors (Lipinski definition) is 7. The summed E-state index contributed by atoms with van der Waals surface area (Å²) < 4.78 is 16.3. The maximum absolute atomic E-state index is 12.1. The number of amides is 2. The quantitative estimate of drug-likeness (QED) is 0.316. The van der Waals surface area contributed by atoms with Gasteiger partial charge in [-0.1, -0.05) is 18.2 Å². The van der Waals surface area contributed by atoms with Crippen LogP contribution in [0, 0.1) is 11.3 Å². The molecule has 2 N–H and O–H groups in total. The monoisotopic (exact) mass is 486 g/mol. The smallest absolute Gasteiger partial charge is 0.251 e. The van der Waals surface area contributed by atoms with Gasteiger partial charge in [-0.25, -0.2) is 5.43 Å². The zero-order chi connectivity index (χ0) is 25.8. The van der Waals surface area contributed by atoms with E-state index in [4.69, 9.17) is 14.2 Å². The van der Waals surface area contributed by atoms with E-state index in [1.54, 1.807) is 61.7 Å². The fraction of sp³-hybridized carbons (Fsp3) is 0.185. The van der Waals surface area contributed by atoms with Gasteiger partial charge in [0.05, 0.1) is 32.1 Å². The molecule has 0 saturated heterocycles. The van der Waals surface area contributed by atoms with Gasteiger partial charge in [0, 0.05) is 24.1 Å². The first-order chi connectivity index (χ1) is 17.5. The summed E-state index contributed by atoms with van der Waals surface area (Å²) in [7, 11) is 3.07. The molecule has 9 heteroatoms. The van der Waals surface area contributed by atoms with Crippen LogP contribution in [0.25, 0.3) is 0 Å². The van der Waals surface area contributed by atoms with Crippen LogP contribution in [-0.4, -0.2) is 38.8 Å². The molecular formula is C27H26N4O5. The van der Waals surface area contributed by atoms with Crippen molar-refractivity contribution in [1.29, 1.82) is 5.26 Å². The Balaban J connectivity index is 1.46. The SMILES string of the molecule is COc1ccc(C(=O)NCCC(=O)NN=Cc2ccc(OCc3ccccc3C#N)c(OC)c2)cc1. The Morgan fingerprint density at radius 3 is 2.50 bits per heavy atom. The van der Waals surface area contributed by atoms with Crippen LogP contribution in [0.15, 0.2) is 71.8 Å². The van der Waals surface area contributed by atoms with E-state index in [9.17, 15) is 14.9 Å². The lowest BCUT2D eigenvalue weighted by molar-refractivity contribution is -0.120. The van der Waals surface area contributed by atoms with Gasteiger partial charge in [0.1, 0.15) is 12.4 Å².